The SMILES string of the molecule is Cc1ccc(C2=C[C@H](c3ccccc3Cl)n3nc(NC(=O)c4ccco4)nc3N2)cc1. The van der Waals surface area contributed by atoms with Gasteiger partial charge in [0.2, 0.25) is 5.95 Å². The first-order chi connectivity index (χ1) is 15.1. The number of hydrogen-bond acceptors (Lipinski definition) is 5. The van der Waals surface area contributed by atoms with Gasteiger partial charge in [-0.25, -0.2) is 4.68 Å². The fourth-order valence-corrected chi connectivity index (χ4v) is 3.70. The first-order valence-electron chi connectivity index (χ1n) is 9.70. The fourth-order valence-electron chi connectivity index (χ4n) is 3.45. The number of aryl methyl sites for hydroxylation is 1. The molecule has 3 heterocycles. The van der Waals surface area contributed by atoms with Gasteiger partial charge in [-0.1, -0.05) is 59.6 Å². The molecule has 1 aliphatic rings. The number of carbonyl (C=O) groups excluding carboxylic acids is 1. The van der Waals surface area contributed by atoms with Gasteiger partial charge in [0.1, 0.15) is 6.04 Å². The molecule has 2 aromatic carbocycles. The van der Waals surface area contributed by atoms with Crippen LogP contribution >= 0.6 is 11.6 Å². The van der Waals surface area contributed by atoms with E-state index in [-0.39, 0.29) is 17.8 Å². The van der Waals surface area contributed by atoms with E-state index in [0.717, 1.165) is 16.8 Å². The first-order valence-corrected chi connectivity index (χ1v) is 10.1. The monoisotopic (exact) mass is 431 g/mol. The Morgan fingerprint density at radius 1 is 1.13 bits per heavy atom. The summed E-state index contributed by atoms with van der Waals surface area (Å²) in [5, 5.41) is 11.1. The minimum Gasteiger partial charge on any atom is -0.459 e. The van der Waals surface area contributed by atoms with Crippen molar-refractivity contribution in [3.8, 4) is 0 Å². The molecule has 0 saturated heterocycles. The molecule has 1 atom stereocenters. The Kier molecular flexibility index (Phi) is 4.80. The summed E-state index contributed by atoms with van der Waals surface area (Å²) >= 11 is 6.50. The average molecular weight is 432 g/mol. The number of allylic oxidation sites excluding steroid dienone is 1. The average Bonchev–Trinajstić information content (AvgIpc) is 3.44. The van der Waals surface area contributed by atoms with Gasteiger partial charge in [-0.2, -0.15) is 4.98 Å². The van der Waals surface area contributed by atoms with Crippen molar-refractivity contribution in [2.45, 2.75) is 13.0 Å². The maximum atomic E-state index is 12.4. The summed E-state index contributed by atoms with van der Waals surface area (Å²) < 4.78 is 6.85. The second kappa shape index (κ2) is 7.77. The van der Waals surface area contributed by atoms with Crippen molar-refractivity contribution in [3.63, 3.8) is 0 Å². The quantitative estimate of drug-likeness (QED) is 0.467. The van der Waals surface area contributed by atoms with E-state index in [9.17, 15) is 4.79 Å². The lowest BCUT2D eigenvalue weighted by Crippen LogP contribution is -2.20. The molecule has 0 bridgehead atoms. The molecule has 0 saturated carbocycles. The zero-order chi connectivity index (χ0) is 21.4. The lowest BCUT2D eigenvalue weighted by molar-refractivity contribution is 0.0996. The van der Waals surface area contributed by atoms with E-state index in [1.54, 1.807) is 16.8 Å². The van der Waals surface area contributed by atoms with Gasteiger partial charge < -0.3 is 9.73 Å². The van der Waals surface area contributed by atoms with Crippen molar-refractivity contribution in [1.29, 1.82) is 0 Å². The Balaban J connectivity index is 1.55. The molecule has 0 spiro atoms. The second-order valence-corrected chi connectivity index (χ2v) is 7.58. The standard InChI is InChI=1S/C23H18ClN5O2/c1-14-8-10-15(11-9-14)18-13-19(16-5-2-3-6-17(16)24)29-23(25-18)27-22(28-29)26-21(30)20-7-4-12-31-20/h2-13,19H,1H3,(H2,25,26,27,28,30)/t19-/m1/s1. The number of rotatable bonds is 4. The molecule has 1 amide bonds. The van der Waals surface area contributed by atoms with E-state index < -0.39 is 5.91 Å². The van der Waals surface area contributed by atoms with Crippen LogP contribution in [0.5, 0.6) is 0 Å². The Bertz CT molecular complexity index is 1280. The highest BCUT2D eigenvalue weighted by Crippen LogP contribution is 2.36. The first kappa shape index (κ1) is 19.1. The summed E-state index contributed by atoms with van der Waals surface area (Å²) in [5.74, 6) is 0.424. The molecule has 7 nitrogen and oxygen atoms in total. The molecular formula is C23H18ClN5O2. The van der Waals surface area contributed by atoms with E-state index in [2.05, 4.69) is 32.8 Å². The number of halogens is 1. The summed E-state index contributed by atoms with van der Waals surface area (Å²) in [5.41, 5.74) is 3.95. The summed E-state index contributed by atoms with van der Waals surface area (Å²) in [7, 11) is 0. The van der Waals surface area contributed by atoms with Crippen LogP contribution in [0.2, 0.25) is 5.02 Å². The van der Waals surface area contributed by atoms with Gasteiger partial charge >= 0.3 is 0 Å². The summed E-state index contributed by atoms with van der Waals surface area (Å²) in [6.45, 7) is 2.05. The number of amides is 1. The largest absolute Gasteiger partial charge is 0.459 e. The van der Waals surface area contributed by atoms with Crippen LogP contribution in [-0.4, -0.2) is 20.7 Å². The van der Waals surface area contributed by atoms with Gasteiger partial charge in [-0.3, -0.25) is 10.1 Å². The molecule has 0 unspecified atom stereocenters. The van der Waals surface area contributed by atoms with Crippen LogP contribution in [0.15, 0.2) is 77.4 Å². The summed E-state index contributed by atoms with van der Waals surface area (Å²) in [4.78, 5) is 16.8. The Labute approximate surface area is 183 Å². The number of aromatic nitrogens is 3. The third-order valence-corrected chi connectivity index (χ3v) is 5.37. The zero-order valence-electron chi connectivity index (χ0n) is 16.5. The molecular weight excluding hydrogens is 414 g/mol. The van der Waals surface area contributed by atoms with E-state index in [1.165, 1.54) is 11.8 Å². The predicted octanol–water partition coefficient (Wildman–Crippen LogP) is 5.14. The van der Waals surface area contributed by atoms with Crippen LogP contribution in [0, 0.1) is 6.92 Å². The van der Waals surface area contributed by atoms with Gasteiger partial charge in [-0.15, -0.1) is 5.10 Å². The summed E-state index contributed by atoms with van der Waals surface area (Å²) in [6, 6.07) is 18.7. The number of nitrogens with one attached hydrogen (secondary N) is 2. The van der Waals surface area contributed by atoms with Crippen LogP contribution < -0.4 is 10.6 Å². The third-order valence-electron chi connectivity index (χ3n) is 5.02. The van der Waals surface area contributed by atoms with Gasteiger partial charge in [0, 0.05) is 10.7 Å². The van der Waals surface area contributed by atoms with Crippen molar-refractivity contribution in [2.24, 2.45) is 0 Å². The highest BCUT2D eigenvalue weighted by molar-refractivity contribution is 6.31. The minimum absolute atomic E-state index is 0.166. The molecule has 0 fully saturated rings. The Hall–Kier alpha value is -3.84. The van der Waals surface area contributed by atoms with Crippen molar-refractivity contribution >= 4 is 35.1 Å². The van der Waals surface area contributed by atoms with Crippen LogP contribution in [0.1, 0.15) is 33.3 Å². The van der Waals surface area contributed by atoms with Crippen LogP contribution in [0.25, 0.3) is 5.70 Å². The minimum atomic E-state index is -0.422. The Morgan fingerprint density at radius 2 is 1.94 bits per heavy atom. The highest BCUT2D eigenvalue weighted by atomic mass is 35.5. The third kappa shape index (κ3) is 3.71. The van der Waals surface area contributed by atoms with E-state index in [4.69, 9.17) is 16.0 Å². The van der Waals surface area contributed by atoms with Crippen LogP contribution in [0.3, 0.4) is 0 Å². The molecule has 2 N–H and O–H groups in total. The van der Waals surface area contributed by atoms with Gasteiger partial charge in [-0.05, 0) is 42.3 Å². The maximum absolute atomic E-state index is 12.4. The van der Waals surface area contributed by atoms with E-state index in [0.29, 0.717) is 11.0 Å². The number of carbonyl (C=O) groups is 1. The van der Waals surface area contributed by atoms with Gasteiger partial charge in [0.25, 0.3) is 11.9 Å². The van der Waals surface area contributed by atoms with E-state index >= 15 is 0 Å². The van der Waals surface area contributed by atoms with Crippen molar-refractivity contribution in [2.75, 3.05) is 10.6 Å². The molecule has 5 rings (SSSR count). The highest BCUT2D eigenvalue weighted by Gasteiger charge is 2.27. The zero-order valence-corrected chi connectivity index (χ0v) is 17.3. The van der Waals surface area contributed by atoms with Crippen molar-refractivity contribution in [3.05, 3.63) is 100 Å². The number of benzene rings is 2. The van der Waals surface area contributed by atoms with Gasteiger partial charge in [0.05, 0.1) is 6.26 Å². The lowest BCUT2D eigenvalue weighted by Gasteiger charge is -2.25. The second-order valence-electron chi connectivity index (χ2n) is 7.17. The molecule has 0 radical (unpaired) electrons. The number of hydrogen-bond donors (Lipinski definition) is 2. The molecule has 2 aromatic heterocycles. The van der Waals surface area contributed by atoms with Crippen LogP contribution in [-0.2, 0) is 0 Å². The number of furan rings is 1. The topological polar surface area (TPSA) is 85.0 Å². The number of anilines is 2. The van der Waals surface area contributed by atoms with Crippen molar-refractivity contribution < 1.29 is 9.21 Å². The molecule has 1 aliphatic heterocycles. The fraction of sp³-hybridized carbons (Fsp3) is 0.0870. The smallest absolute Gasteiger partial charge is 0.293 e. The molecule has 154 valence electrons. The maximum Gasteiger partial charge on any atom is 0.293 e. The molecule has 0 aliphatic carbocycles. The molecule has 8 heteroatoms. The normalized spacial score (nSPS) is 15.0. The van der Waals surface area contributed by atoms with Crippen molar-refractivity contribution in [1.82, 2.24) is 14.8 Å². The summed E-state index contributed by atoms with van der Waals surface area (Å²) in [6.07, 6.45) is 3.49. The number of fused-ring (bicyclic) bond motifs is 1. The van der Waals surface area contributed by atoms with Crippen LogP contribution in [0.4, 0.5) is 11.9 Å². The predicted molar refractivity (Wildman–Crippen MR) is 119 cm³/mol. The van der Waals surface area contributed by atoms with E-state index in [1.807, 2.05) is 49.4 Å². The Morgan fingerprint density at radius 3 is 2.68 bits per heavy atom. The lowest BCUT2D eigenvalue weighted by atomic mass is 10.0. The molecule has 31 heavy (non-hydrogen) atoms. The number of nitrogens with zero attached hydrogens (tertiary/aromatic N) is 3. The van der Waals surface area contributed by atoms with Gasteiger partial charge in [0.15, 0.2) is 5.76 Å². The molecule has 4 aromatic rings.